The fourth-order valence-electron chi connectivity index (χ4n) is 4.15. The highest BCUT2D eigenvalue weighted by Gasteiger charge is 2.21. The molecule has 3 N–H and O–H groups in total. The summed E-state index contributed by atoms with van der Waals surface area (Å²) in [7, 11) is 0. The first-order chi connectivity index (χ1) is 19.0. The zero-order valence-corrected chi connectivity index (χ0v) is 22.6. The molecule has 0 fully saturated rings. The summed E-state index contributed by atoms with van der Waals surface area (Å²) < 4.78 is 0. The Morgan fingerprint density at radius 2 is 1.69 bits per heavy atom. The minimum atomic E-state index is -0.194. The largest absolute Gasteiger partial charge is 0.383 e. The van der Waals surface area contributed by atoms with Crippen LogP contribution >= 0.6 is 23.1 Å². The topological polar surface area (TPSA) is 128 Å². The van der Waals surface area contributed by atoms with Gasteiger partial charge >= 0.3 is 0 Å². The average molecular weight is 547 g/mol. The van der Waals surface area contributed by atoms with E-state index in [1.165, 1.54) is 23.1 Å². The zero-order valence-electron chi connectivity index (χ0n) is 20.9. The van der Waals surface area contributed by atoms with Crippen LogP contribution in [-0.4, -0.2) is 21.6 Å². The van der Waals surface area contributed by atoms with Crippen LogP contribution in [0.15, 0.2) is 77.1 Å². The molecule has 39 heavy (non-hydrogen) atoms. The normalized spacial score (nSPS) is 10.6. The minimum Gasteiger partial charge on any atom is -0.383 e. The van der Waals surface area contributed by atoms with Crippen molar-refractivity contribution in [3.05, 3.63) is 88.8 Å². The quantitative estimate of drug-likeness (QED) is 0.215. The van der Waals surface area contributed by atoms with E-state index in [0.29, 0.717) is 27.0 Å². The number of anilines is 2. The van der Waals surface area contributed by atoms with Crippen LogP contribution in [0.4, 0.5) is 10.9 Å². The molecule has 0 saturated heterocycles. The van der Waals surface area contributed by atoms with Crippen molar-refractivity contribution in [1.29, 1.82) is 10.5 Å². The van der Waals surface area contributed by atoms with Gasteiger partial charge in [0, 0.05) is 28.7 Å². The number of nitrogens with zero attached hydrogens (tertiary/aromatic N) is 4. The molecule has 7 nitrogen and oxygen atoms in total. The van der Waals surface area contributed by atoms with Crippen molar-refractivity contribution in [3.8, 4) is 34.5 Å². The molecule has 2 heterocycles. The van der Waals surface area contributed by atoms with E-state index in [1.54, 1.807) is 0 Å². The maximum Gasteiger partial charge on any atom is 0.226 e. The SMILES string of the molecule is Cc1ccc(-c2c(C#N)c(N)nc(SCCC(=O)Nc3nc(-c4ccc5ccccc5c4)cs3)c2C#N)cc1. The number of thioether (sulfide) groups is 1. The highest BCUT2D eigenvalue weighted by molar-refractivity contribution is 7.99. The number of nitrogens with two attached hydrogens (primary N) is 1. The molecule has 0 atom stereocenters. The van der Waals surface area contributed by atoms with E-state index in [9.17, 15) is 15.3 Å². The Labute approximate surface area is 234 Å². The number of hydrogen-bond donors (Lipinski definition) is 2. The second-order valence-electron chi connectivity index (χ2n) is 8.76. The first kappa shape index (κ1) is 25.9. The molecule has 0 saturated carbocycles. The zero-order chi connectivity index (χ0) is 27.4. The van der Waals surface area contributed by atoms with Crippen LogP contribution in [0, 0.1) is 29.6 Å². The van der Waals surface area contributed by atoms with Crippen molar-refractivity contribution in [1.82, 2.24) is 9.97 Å². The number of nitrogens with one attached hydrogen (secondary N) is 1. The van der Waals surface area contributed by atoms with Crippen molar-refractivity contribution in [2.24, 2.45) is 0 Å². The van der Waals surface area contributed by atoms with Gasteiger partial charge in [0.05, 0.1) is 11.3 Å². The van der Waals surface area contributed by atoms with Crippen molar-refractivity contribution >= 4 is 50.7 Å². The van der Waals surface area contributed by atoms with Gasteiger partial charge in [0.15, 0.2) is 5.13 Å². The number of benzene rings is 3. The van der Waals surface area contributed by atoms with Gasteiger partial charge in [-0.15, -0.1) is 23.1 Å². The number of carbonyl (C=O) groups is 1. The summed E-state index contributed by atoms with van der Waals surface area (Å²) in [5, 5.41) is 27.6. The summed E-state index contributed by atoms with van der Waals surface area (Å²) in [6.45, 7) is 1.96. The fourth-order valence-corrected chi connectivity index (χ4v) is 5.82. The number of pyridine rings is 1. The number of nitrogen functional groups attached to an aromatic ring is 1. The van der Waals surface area contributed by atoms with Gasteiger partial charge in [-0.05, 0) is 29.3 Å². The van der Waals surface area contributed by atoms with Gasteiger partial charge in [0.1, 0.15) is 28.5 Å². The Morgan fingerprint density at radius 1 is 0.974 bits per heavy atom. The fraction of sp³-hybridized carbons (Fsp3) is 0.100. The third kappa shape index (κ3) is 5.60. The summed E-state index contributed by atoms with van der Waals surface area (Å²) >= 11 is 2.63. The molecule has 2 aromatic heterocycles. The minimum absolute atomic E-state index is 0.0584. The molecule has 0 aliphatic carbocycles. The lowest BCUT2D eigenvalue weighted by Gasteiger charge is -2.13. The van der Waals surface area contributed by atoms with Gasteiger partial charge in [0.2, 0.25) is 5.91 Å². The summed E-state index contributed by atoms with van der Waals surface area (Å²) in [5.41, 5.74) is 10.6. The number of thiazole rings is 1. The molecule has 0 spiro atoms. The van der Waals surface area contributed by atoms with E-state index < -0.39 is 0 Å². The molecule has 0 radical (unpaired) electrons. The van der Waals surface area contributed by atoms with Crippen LogP contribution < -0.4 is 11.1 Å². The van der Waals surface area contributed by atoms with Gasteiger partial charge in [-0.1, -0.05) is 66.2 Å². The molecule has 3 aromatic carbocycles. The molecule has 5 rings (SSSR count). The number of carbonyl (C=O) groups excluding carboxylic acids is 1. The van der Waals surface area contributed by atoms with E-state index in [4.69, 9.17) is 5.73 Å². The van der Waals surface area contributed by atoms with Crippen LogP contribution in [0.3, 0.4) is 0 Å². The van der Waals surface area contributed by atoms with Crippen LogP contribution in [0.25, 0.3) is 33.2 Å². The van der Waals surface area contributed by atoms with E-state index in [0.717, 1.165) is 27.6 Å². The first-order valence-electron chi connectivity index (χ1n) is 12.0. The van der Waals surface area contributed by atoms with Crippen molar-refractivity contribution in [3.63, 3.8) is 0 Å². The number of fused-ring (bicyclic) bond motifs is 1. The predicted molar refractivity (Wildman–Crippen MR) is 157 cm³/mol. The highest BCUT2D eigenvalue weighted by atomic mass is 32.2. The standard InChI is InChI=1S/C30H22N6OS2/c1-18-6-8-20(9-7-18)27-23(15-31)28(33)36-29(24(27)16-32)38-13-12-26(37)35-30-34-25(17-39-30)22-11-10-19-4-2-3-5-21(19)14-22/h2-11,14,17H,12-13H2,1H3,(H2,33,36)(H,34,35,37). The average Bonchev–Trinajstić information content (AvgIpc) is 3.41. The van der Waals surface area contributed by atoms with Gasteiger partial charge in [-0.25, -0.2) is 9.97 Å². The van der Waals surface area contributed by atoms with Crippen LogP contribution in [0.2, 0.25) is 0 Å². The molecular formula is C30H22N6OS2. The number of aromatic nitrogens is 2. The summed E-state index contributed by atoms with van der Waals surface area (Å²) in [4.78, 5) is 21.5. The molecule has 190 valence electrons. The van der Waals surface area contributed by atoms with Crippen LogP contribution in [0.5, 0.6) is 0 Å². The maximum atomic E-state index is 12.7. The van der Waals surface area contributed by atoms with Crippen molar-refractivity contribution < 1.29 is 4.79 Å². The van der Waals surface area contributed by atoms with Crippen molar-refractivity contribution in [2.75, 3.05) is 16.8 Å². The first-order valence-corrected chi connectivity index (χ1v) is 13.9. The second-order valence-corrected chi connectivity index (χ2v) is 10.7. The predicted octanol–water partition coefficient (Wildman–Crippen LogP) is 6.78. The third-order valence-electron chi connectivity index (χ3n) is 6.12. The number of rotatable bonds is 7. The van der Waals surface area contributed by atoms with E-state index >= 15 is 0 Å². The number of nitriles is 2. The Hall–Kier alpha value is -4.70. The molecule has 1 amide bonds. The van der Waals surface area contributed by atoms with E-state index in [1.807, 2.05) is 54.8 Å². The number of aryl methyl sites for hydroxylation is 1. The van der Waals surface area contributed by atoms with Crippen LogP contribution in [0.1, 0.15) is 23.1 Å². The smallest absolute Gasteiger partial charge is 0.226 e. The summed E-state index contributed by atoms with van der Waals surface area (Å²) in [6.07, 6.45) is 0.182. The Kier molecular flexibility index (Phi) is 7.55. The lowest BCUT2D eigenvalue weighted by molar-refractivity contribution is -0.115. The molecule has 0 bridgehead atoms. The lowest BCUT2D eigenvalue weighted by atomic mass is 9.96. The van der Waals surface area contributed by atoms with Crippen molar-refractivity contribution in [2.45, 2.75) is 18.4 Å². The molecular weight excluding hydrogens is 525 g/mol. The number of hydrogen-bond acceptors (Lipinski definition) is 8. The Bertz CT molecular complexity index is 1780. The third-order valence-corrected chi connectivity index (χ3v) is 7.85. The lowest BCUT2D eigenvalue weighted by Crippen LogP contribution is -2.12. The Balaban J connectivity index is 1.27. The van der Waals surface area contributed by atoms with Gasteiger partial charge in [-0.2, -0.15) is 10.5 Å². The Morgan fingerprint density at radius 3 is 2.44 bits per heavy atom. The summed E-state index contributed by atoms with van der Waals surface area (Å²) in [5.74, 6) is 0.235. The molecule has 0 unspecified atom stereocenters. The monoisotopic (exact) mass is 546 g/mol. The number of amides is 1. The van der Waals surface area contributed by atoms with E-state index in [2.05, 4.69) is 51.7 Å². The van der Waals surface area contributed by atoms with Gasteiger partial charge < -0.3 is 11.1 Å². The molecule has 9 heteroatoms. The van der Waals surface area contributed by atoms with E-state index in [-0.39, 0.29) is 29.3 Å². The molecule has 0 aliphatic heterocycles. The van der Waals surface area contributed by atoms with Gasteiger partial charge in [-0.3, -0.25) is 4.79 Å². The summed E-state index contributed by atoms with van der Waals surface area (Å²) in [6, 6.07) is 26.1. The second kappa shape index (κ2) is 11.4. The molecule has 0 aliphatic rings. The van der Waals surface area contributed by atoms with Crippen LogP contribution in [-0.2, 0) is 4.79 Å². The highest BCUT2D eigenvalue weighted by Crippen LogP contribution is 2.36. The maximum absolute atomic E-state index is 12.7. The van der Waals surface area contributed by atoms with Gasteiger partial charge in [0.25, 0.3) is 0 Å². The molecule has 5 aromatic rings.